The minimum Gasteiger partial charge on any atom is -0.363 e. The van der Waals surface area contributed by atoms with Crippen LogP contribution in [0.1, 0.15) is 12.8 Å². The van der Waals surface area contributed by atoms with Crippen LogP contribution in [0.2, 0.25) is 0 Å². The third kappa shape index (κ3) is 2.09. The van der Waals surface area contributed by atoms with Gasteiger partial charge in [0.15, 0.2) is 0 Å². The average Bonchev–Trinajstić information content (AvgIpc) is 2.86. The fraction of sp³-hybridized carbons (Fsp3) is 0.556. The van der Waals surface area contributed by atoms with Crippen LogP contribution in [-0.2, 0) is 4.74 Å². The van der Waals surface area contributed by atoms with Crippen LogP contribution in [0.15, 0.2) is 24.4 Å². The molecule has 1 saturated carbocycles. The standard InChI is InChI=1S/C9H13NO/c1-2-6-10-9(3-1)11-7-8-4-5-8/h1-3,6,8-10H,4-5,7H2. The topological polar surface area (TPSA) is 21.3 Å². The first kappa shape index (κ1) is 6.92. The quantitative estimate of drug-likeness (QED) is 0.658. The SMILES string of the molecule is C1=CNC(OCC2CC2)C=C1. The first-order valence-corrected chi connectivity index (χ1v) is 4.16. The van der Waals surface area contributed by atoms with E-state index in [0.29, 0.717) is 0 Å². The second kappa shape index (κ2) is 3.09. The minimum absolute atomic E-state index is 0.112. The number of ether oxygens (including phenoxy) is 1. The Labute approximate surface area is 66.9 Å². The van der Waals surface area contributed by atoms with Crippen LogP contribution in [0.4, 0.5) is 0 Å². The van der Waals surface area contributed by atoms with E-state index in [0.717, 1.165) is 12.5 Å². The molecule has 2 heteroatoms. The highest BCUT2D eigenvalue weighted by molar-refractivity contribution is 5.09. The number of hydrogen-bond donors (Lipinski definition) is 1. The third-order valence-electron chi connectivity index (χ3n) is 1.96. The zero-order valence-electron chi connectivity index (χ0n) is 6.49. The Morgan fingerprint density at radius 2 is 2.27 bits per heavy atom. The van der Waals surface area contributed by atoms with Gasteiger partial charge in [-0.2, -0.15) is 0 Å². The Morgan fingerprint density at radius 1 is 1.36 bits per heavy atom. The van der Waals surface area contributed by atoms with Crippen molar-refractivity contribution in [3.05, 3.63) is 24.4 Å². The summed E-state index contributed by atoms with van der Waals surface area (Å²) in [5, 5.41) is 3.11. The maximum absolute atomic E-state index is 5.56. The first-order valence-electron chi connectivity index (χ1n) is 4.16. The zero-order valence-corrected chi connectivity index (χ0v) is 6.49. The second-order valence-corrected chi connectivity index (χ2v) is 3.11. The van der Waals surface area contributed by atoms with E-state index in [9.17, 15) is 0 Å². The molecule has 0 spiro atoms. The van der Waals surface area contributed by atoms with E-state index in [1.165, 1.54) is 12.8 Å². The van der Waals surface area contributed by atoms with Crippen molar-refractivity contribution in [2.45, 2.75) is 19.1 Å². The van der Waals surface area contributed by atoms with Gasteiger partial charge in [0, 0.05) is 0 Å². The van der Waals surface area contributed by atoms with E-state index < -0.39 is 0 Å². The van der Waals surface area contributed by atoms with Gasteiger partial charge in [0.05, 0.1) is 6.61 Å². The van der Waals surface area contributed by atoms with Gasteiger partial charge in [-0.1, -0.05) is 6.08 Å². The van der Waals surface area contributed by atoms with Crippen molar-refractivity contribution in [2.75, 3.05) is 6.61 Å². The molecule has 60 valence electrons. The van der Waals surface area contributed by atoms with E-state index in [1.807, 2.05) is 24.4 Å². The Morgan fingerprint density at radius 3 is 2.91 bits per heavy atom. The number of hydrogen-bond acceptors (Lipinski definition) is 2. The Bertz CT molecular complexity index is 182. The summed E-state index contributed by atoms with van der Waals surface area (Å²) in [5.41, 5.74) is 0. The summed E-state index contributed by atoms with van der Waals surface area (Å²) in [4.78, 5) is 0. The van der Waals surface area contributed by atoms with Gasteiger partial charge in [-0.3, -0.25) is 0 Å². The van der Waals surface area contributed by atoms with Gasteiger partial charge in [0.25, 0.3) is 0 Å². The molecule has 0 saturated heterocycles. The molecule has 0 bridgehead atoms. The molecule has 1 unspecified atom stereocenters. The summed E-state index contributed by atoms with van der Waals surface area (Å²) in [6, 6.07) is 0. The molecule has 0 radical (unpaired) electrons. The number of rotatable bonds is 3. The Balaban J connectivity index is 1.69. The fourth-order valence-electron chi connectivity index (χ4n) is 1.05. The highest BCUT2D eigenvalue weighted by Crippen LogP contribution is 2.29. The molecule has 1 aliphatic heterocycles. The van der Waals surface area contributed by atoms with Crippen LogP contribution in [0.3, 0.4) is 0 Å². The van der Waals surface area contributed by atoms with E-state index >= 15 is 0 Å². The molecule has 0 aromatic heterocycles. The van der Waals surface area contributed by atoms with E-state index in [1.54, 1.807) is 0 Å². The molecule has 1 N–H and O–H groups in total. The highest BCUT2D eigenvalue weighted by atomic mass is 16.5. The summed E-state index contributed by atoms with van der Waals surface area (Å²) in [5.74, 6) is 0.844. The van der Waals surface area contributed by atoms with Crippen LogP contribution in [0.5, 0.6) is 0 Å². The molecule has 0 aromatic carbocycles. The Hall–Kier alpha value is -0.760. The summed E-state index contributed by atoms with van der Waals surface area (Å²) in [7, 11) is 0. The van der Waals surface area contributed by atoms with E-state index in [2.05, 4.69) is 5.32 Å². The van der Waals surface area contributed by atoms with Crippen molar-refractivity contribution >= 4 is 0 Å². The number of allylic oxidation sites excluding steroid dienone is 2. The van der Waals surface area contributed by atoms with Crippen molar-refractivity contribution in [1.29, 1.82) is 0 Å². The summed E-state index contributed by atoms with van der Waals surface area (Å²) < 4.78 is 5.56. The van der Waals surface area contributed by atoms with Crippen LogP contribution in [-0.4, -0.2) is 12.8 Å². The van der Waals surface area contributed by atoms with E-state index in [-0.39, 0.29) is 6.23 Å². The molecule has 1 aliphatic carbocycles. The normalized spacial score (nSPS) is 28.5. The fourth-order valence-corrected chi connectivity index (χ4v) is 1.05. The number of nitrogens with one attached hydrogen (secondary N) is 1. The average molecular weight is 151 g/mol. The lowest BCUT2D eigenvalue weighted by molar-refractivity contribution is 0.0632. The van der Waals surface area contributed by atoms with Crippen molar-refractivity contribution in [2.24, 2.45) is 5.92 Å². The lowest BCUT2D eigenvalue weighted by atomic mass is 10.3. The highest BCUT2D eigenvalue weighted by Gasteiger charge is 2.22. The van der Waals surface area contributed by atoms with Crippen molar-refractivity contribution < 1.29 is 4.74 Å². The molecular weight excluding hydrogens is 138 g/mol. The molecular formula is C9H13NO. The van der Waals surface area contributed by atoms with Gasteiger partial charge in [-0.15, -0.1) is 0 Å². The zero-order chi connectivity index (χ0) is 7.52. The molecule has 1 heterocycles. The van der Waals surface area contributed by atoms with Crippen LogP contribution in [0, 0.1) is 5.92 Å². The first-order chi connectivity index (χ1) is 5.45. The van der Waals surface area contributed by atoms with Gasteiger partial charge in [0.1, 0.15) is 6.23 Å². The molecule has 2 nitrogen and oxygen atoms in total. The predicted molar refractivity (Wildman–Crippen MR) is 43.9 cm³/mol. The Kier molecular flexibility index (Phi) is 1.95. The van der Waals surface area contributed by atoms with Crippen LogP contribution >= 0.6 is 0 Å². The van der Waals surface area contributed by atoms with Crippen molar-refractivity contribution in [3.63, 3.8) is 0 Å². The summed E-state index contributed by atoms with van der Waals surface area (Å²) >= 11 is 0. The van der Waals surface area contributed by atoms with Gasteiger partial charge in [-0.05, 0) is 37.1 Å². The second-order valence-electron chi connectivity index (χ2n) is 3.11. The van der Waals surface area contributed by atoms with Gasteiger partial charge in [0.2, 0.25) is 0 Å². The largest absolute Gasteiger partial charge is 0.363 e. The minimum atomic E-state index is 0.112. The molecule has 0 amide bonds. The lowest BCUT2D eigenvalue weighted by Crippen LogP contribution is -2.27. The monoisotopic (exact) mass is 151 g/mol. The van der Waals surface area contributed by atoms with Gasteiger partial charge in [-0.25, -0.2) is 0 Å². The third-order valence-corrected chi connectivity index (χ3v) is 1.96. The molecule has 2 rings (SSSR count). The number of dihydropyridines is 1. The van der Waals surface area contributed by atoms with Crippen LogP contribution in [0.25, 0.3) is 0 Å². The molecule has 0 aromatic rings. The van der Waals surface area contributed by atoms with E-state index in [4.69, 9.17) is 4.74 Å². The molecule has 11 heavy (non-hydrogen) atoms. The predicted octanol–water partition coefficient (Wildman–Crippen LogP) is 1.41. The van der Waals surface area contributed by atoms with Crippen molar-refractivity contribution in [3.8, 4) is 0 Å². The maximum atomic E-state index is 5.56. The molecule has 2 aliphatic rings. The molecule has 1 fully saturated rings. The maximum Gasteiger partial charge on any atom is 0.146 e. The van der Waals surface area contributed by atoms with Crippen molar-refractivity contribution in [1.82, 2.24) is 5.32 Å². The van der Waals surface area contributed by atoms with Gasteiger partial charge >= 0.3 is 0 Å². The molecule has 1 atom stereocenters. The summed E-state index contributed by atoms with van der Waals surface area (Å²) in [6.45, 7) is 0.913. The summed E-state index contributed by atoms with van der Waals surface area (Å²) in [6.07, 6.45) is 10.7. The van der Waals surface area contributed by atoms with Gasteiger partial charge < -0.3 is 10.1 Å². The lowest BCUT2D eigenvalue weighted by Gasteiger charge is -2.15. The van der Waals surface area contributed by atoms with Crippen LogP contribution < -0.4 is 5.32 Å². The smallest absolute Gasteiger partial charge is 0.146 e.